The van der Waals surface area contributed by atoms with Crippen LogP contribution in [0.2, 0.25) is 0 Å². The number of hydrogen-bond donors (Lipinski definition) is 2. The number of methoxy groups -OCH3 is 1. The molecule has 0 aromatic heterocycles. The molecule has 1 saturated carbocycles. The summed E-state index contributed by atoms with van der Waals surface area (Å²) in [5.41, 5.74) is 0.779. The van der Waals surface area contributed by atoms with E-state index in [9.17, 15) is 4.79 Å². The highest BCUT2D eigenvalue weighted by Gasteiger charge is 2.22. The molecule has 0 unspecified atom stereocenters. The van der Waals surface area contributed by atoms with E-state index < -0.39 is 0 Å². The van der Waals surface area contributed by atoms with Gasteiger partial charge >= 0.3 is 6.03 Å². The van der Waals surface area contributed by atoms with Crippen molar-refractivity contribution in [3.8, 4) is 5.75 Å². The molecular formula is C15H22N2O2. The zero-order valence-electron chi connectivity index (χ0n) is 11.6. The number of rotatable bonds is 3. The molecule has 0 bridgehead atoms. The highest BCUT2D eigenvalue weighted by molar-refractivity contribution is 5.89. The van der Waals surface area contributed by atoms with Gasteiger partial charge in [0.1, 0.15) is 5.75 Å². The van der Waals surface area contributed by atoms with Gasteiger partial charge in [0.25, 0.3) is 0 Å². The lowest BCUT2D eigenvalue weighted by Crippen LogP contribution is -2.43. The van der Waals surface area contributed by atoms with Crippen molar-refractivity contribution in [2.75, 3.05) is 12.4 Å². The number of carbonyl (C=O) groups excluding carboxylic acids is 1. The Morgan fingerprint density at radius 3 is 2.53 bits per heavy atom. The average Bonchev–Trinajstić information content (AvgIpc) is 2.42. The summed E-state index contributed by atoms with van der Waals surface area (Å²) in [6.07, 6.45) is 4.77. The number of amides is 2. The third-order valence-electron chi connectivity index (χ3n) is 3.78. The van der Waals surface area contributed by atoms with Crippen LogP contribution >= 0.6 is 0 Å². The summed E-state index contributed by atoms with van der Waals surface area (Å²) in [6.45, 7) is 2.21. The fourth-order valence-electron chi connectivity index (χ4n) is 2.54. The van der Waals surface area contributed by atoms with Crippen molar-refractivity contribution in [2.24, 2.45) is 5.92 Å². The summed E-state index contributed by atoms with van der Waals surface area (Å²) in [7, 11) is 1.62. The van der Waals surface area contributed by atoms with Crippen molar-refractivity contribution >= 4 is 11.7 Å². The maximum Gasteiger partial charge on any atom is 0.319 e. The number of carbonyl (C=O) groups is 1. The minimum Gasteiger partial charge on any atom is -0.497 e. The first-order valence-corrected chi connectivity index (χ1v) is 6.90. The van der Waals surface area contributed by atoms with Crippen LogP contribution in [-0.4, -0.2) is 19.2 Å². The SMILES string of the molecule is COc1ccc(NC(=O)N[C@H]2CCCC[C@H]2C)cc1. The standard InChI is InChI=1S/C15H22N2O2/c1-11-5-3-4-6-14(11)17-15(18)16-12-7-9-13(19-2)10-8-12/h7-11,14H,3-6H2,1-2H3,(H2,16,17,18)/t11-,14+/m1/s1. The smallest absolute Gasteiger partial charge is 0.319 e. The summed E-state index contributed by atoms with van der Waals surface area (Å²) in [5.74, 6) is 1.35. The number of hydrogen-bond acceptors (Lipinski definition) is 2. The van der Waals surface area contributed by atoms with E-state index in [1.54, 1.807) is 7.11 Å². The Hall–Kier alpha value is -1.71. The molecule has 0 spiro atoms. The zero-order chi connectivity index (χ0) is 13.7. The summed E-state index contributed by atoms with van der Waals surface area (Å²) < 4.78 is 5.08. The van der Waals surface area contributed by atoms with Crippen molar-refractivity contribution in [1.82, 2.24) is 5.32 Å². The Bertz CT molecular complexity index is 417. The van der Waals surface area contributed by atoms with Crippen LogP contribution in [-0.2, 0) is 0 Å². The van der Waals surface area contributed by atoms with E-state index in [-0.39, 0.29) is 6.03 Å². The third kappa shape index (κ3) is 3.88. The Balaban J connectivity index is 1.86. The predicted molar refractivity (Wildman–Crippen MR) is 76.6 cm³/mol. The Labute approximate surface area is 114 Å². The van der Waals surface area contributed by atoms with Crippen LogP contribution in [0.3, 0.4) is 0 Å². The summed E-state index contributed by atoms with van der Waals surface area (Å²) in [5, 5.41) is 5.92. The first kappa shape index (κ1) is 13.7. The van der Waals surface area contributed by atoms with Crippen molar-refractivity contribution in [3.05, 3.63) is 24.3 Å². The van der Waals surface area contributed by atoms with E-state index in [4.69, 9.17) is 4.74 Å². The molecule has 104 valence electrons. The van der Waals surface area contributed by atoms with Crippen LogP contribution < -0.4 is 15.4 Å². The first-order chi connectivity index (χ1) is 9.19. The van der Waals surface area contributed by atoms with Crippen LogP contribution in [0, 0.1) is 5.92 Å². The molecular weight excluding hydrogens is 240 g/mol. The molecule has 2 N–H and O–H groups in total. The highest BCUT2D eigenvalue weighted by Crippen LogP contribution is 2.23. The van der Waals surface area contributed by atoms with Gasteiger partial charge in [-0.3, -0.25) is 0 Å². The molecule has 4 heteroatoms. The monoisotopic (exact) mass is 262 g/mol. The second-order valence-electron chi connectivity index (χ2n) is 5.20. The van der Waals surface area contributed by atoms with E-state index in [0.717, 1.165) is 17.9 Å². The average molecular weight is 262 g/mol. The molecule has 1 fully saturated rings. The molecule has 2 amide bonds. The number of benzene rings is 1. The van der Waals surface area contributed by atoms with Crippen LogP contribution in [0.25, 0.3) is 0 Å². The number of urea groups is 1. The lowest BCUT2D eigenvalue weighted by atomic mass is 9.86. The van der Waals surface area contributed by atoms with Gasteiger partial charge in [-0.1, -0.05) is 19.8 Å². The second kappa shape index (κ2) is 6.45. The minimum absolute atomic E-state index is 0.121. The molecule has 1 aromatic rings. The summed E-state index contributed by atoms with van der Waals surface area (Å²) in [6, 6.07) is 7.51. The van der Waals surface area contributed by atoms with E-state index in [1.165, 1.54) is 19.3 Å². The predicted octanol–water partition coefficient (Wildman–Crippen LogP) is 3.40. The van der Waals surface area contributed by atoms with Gasteiger partial charge in [-0.25, -0.2) is 4.79 Å². The molecule has 0 heterocycles. The number of anilines is 1. The Morgan fingerprint density at radius 2 is 1.89 bits per heavy atom. The van der Waals surface area contributed by atoms with Crippen molar-refractivity contribution in [1.29, 1.82) is 0 Å². The summed E-state index contributed by atoms with van der Waals surface area (Å²) >= 11 is 0. The van der Waals surface area contributed by atoms with Crippen LogP contribution in [0.1, 0.15) is 32.6 Å². The van der Waals surface area contributed by atoms with Gasteiger partial charge in [-0.05, 0) is 43.0 Å². The van der Waals surface area contributed by atoms with Gasteiger partial charge in [-0.2, -0.15) is 0 Å². The van der Waals surface area contributed by atoms with E-state index in [2.05, 4.69) is 17.6 Å². The molecule has 0 aliphatic heterocycles. The molecule has 19 heavy (non-hydrogen) atoms. The van der Waals surface area contributed by atoms with E-state index in [0.29, 0.717) is 12.0 Å². The molecule has 1 aliphatic carbocycles. The van der Waals surface area contributed by atoms with Gasteiger partial charge in [0.15, 0.2) is 0 Å². The maximum absolute atomic E-state index is 11.9. The Morgan fingerprint density at radius 1 is 1.21 bits per heavy atom. The van der Waals surface area contributed by atoms with Gasteiger partial charge in [0.05, 0.1) is 7.11 Å². The van der Waals surface area contributed by atoms with Crippen LogP contribution in [0.4, 0.5) is 10.5 Å². The van der Waals surface area contributed by atoms with Gasteiger partial charge in [-0.15, -0.1) is 0 Å². The van der Waals surface area contributed by atoms with Crippen molar-refractivity contribution in [3.63, 3.8) is 0 Å². The number of nitrogens with one attached hydrogen (secondary N) is 2. The Kier molecular flexibility index (Phi) is 4.66. The molecule has 1 aliphatic rings. The molecule has 2 rings (SSSR count). The zero-order valence-corrected chi connectivity index (χ0v) is 11.6. The summed E-state index contributed by atoms with van der Waals surface area (Å²) in [4.78, 5) is 11.9. The topological polar surface area (TPSA) is 50.4 Å². The maximum atomic E-state index is 11.9. The lowest BCUT2D eigenvalue weighted by molar-refractivity contribution is 0.232. The van der Waals surface area contributed by atoms with E-state index >= 15 is 0 Å². The van der Waals surface area contributed by atoms with Crippen LogP contribution in [0.5, 0.6) is 5.75 Å². The van der Waals surface area contributed by atoms with Crippen molar-refractivity contribution < 1.29 is 9.53 Å². The highest BCUT2D eigenvalue weighted by atomic mass is 16.5. The second-order valence-corrected chi connectivity index (χ2v) is 5.20. The number of ether oxygens (including phenoxy) is 1. The quantitative estimate of drug-likeness (QED) is 0.877. The van der Waals surface area contributed by atoms with Gasteiger partial charge in [0.2, 0.25) is 0 Å². The molecule has 2 atom stereocenters. The van der Waals surface area contributed by atoms with Gasteiger partial charge in [0, 0.05) is 11.7 Å². The minimum atomic E-state index is -0.121. The molecule has 4 nitrogen and oxygen atoms in total. The van der Waals surface area contributed by atoms with Gasteiger partial charge < -0.3 is 15.4 Å². The first-order valence-electron chi connectivity index (χ1n) is 6.90. The fourth-order valence-corrected chi connectivity index (χ4v) is 2.54. The van der Waals surface area contributed by atoms with E-state index in [1.807, 2.05) is 24.3 Å². The lowest BCUT2D eigenvalue weighted by Gasteiger charge is -2.29. The molecule has 1 aromatic carbocycles. The molecule has 0 saturated heterocycles. The van der Waals surface area contributed by atoms with Crippen molar-refractivity contribution in [2.45, 2.75) is 38.6 Å². The normalized spacial score (nSPS) is 22.6. The third-order valence-corrected chi connectivity index (χ3v) is 3.78. The van der Waals surface area contributed by atoms with Crippen LogP contribution in [0.15, 0.2) is 24.3 Å². The fraction of sp³-hybridized carbons (Fsp3) is 0.533. The largest absolute Gasteiger partial charge is 0.497 e. The molecule has 0 radical (unpaired) electrons.